The standard InChI is InChI=1S/C16H17NO5/c1-10(16(19)20)11-4-3-5-12(8-11)17-15(18)14-7-6-13(22-14)9-21-2/h3-8,10H,9H2,1-2H3,(H,17,18)(H,19,20)/t10-/m0/s1. The van der Waals surface area contributed by atoms with Crippen molar-refractivity contribution in [3.8, 4) is 0 Å². The minimum absolute atomic E-state index is 0.170. The van der Waals surface area contributed by atoms with Gasteiger partial charge >= 0.3 is 5.97 Å². The van der Waals surface area contributed by atoms with Gasteiger partial charge in [-0.15, -0.1) is 0 Å². The molecule has 1 aromatic heterocycles. The zero-order chi connectivity index (χ0) is 16.1. The third-order valence-electron chi connectivity index (χ3n) is 3.19. The first kappa shape index (κ1) is 15.8. The van der Waals surface area contributed by atoms with Crippen LogP contribution in [0.2, 0.25) is 0 Å². The molecular weight excluding hydrogens is 286 g/mol. The molecule has 0 unspecified atom stereocenters. The Bertz CT molecular complexity index is 677. The van der Waals surface area contributed by atoms with Crippen LogP contribution in [0.3, 0.4) is 0 Å². The predicted molar refractivity (Wildman–Crippen MR) is 79.9 cm³/mol. The van der Waals surface area contributed by atoms with Gasteiger partial charge in [0.25, 0.3) is 5.91 Å². The molecule has 0 aliphatic rings. The van der Waals surface area contributed by atoms with E-state index in [1.807, 2.05) is 0 Å². The van der Waals surface area contributed by atoms with Gasteiger partial charge in [0.05, 0.1) is 5.92 Å². The molecule has 0 radical (unpaired) electrons. The Balaban J connectivity index is 2.11. The summed E-state index contributed by atoms with van der Waals surface area (Å²) < 4.78 is 10.3. The molecule has 2 N–H and O–H groups in total. The van der Waals surface area contributed by atoms with Gasteiger partial charge in [-0.05, 0) is 36.8 Å². The Morgan fingerprint density at radius 3 is 2.77 bits per heavy atom. The second kappa shape index (κ2) is 6.91. The van der Waals surface area contributed by atoms with E-state index in [0.717, 1.165) is 0 Å². The summed E-state index contributed by atoms with van der Waals surface area (Å²) in [5.74, 6) is -1.24. The molecule has 0 fully saturated rings. The number of carboxylic acids is 1. The monoisotopic (exact) mass is 303 g/mol. The number of benzene rings is 1. The Morgan fingerprint density at radius 1 is 1.32 bits per heavy atom. The van der Waals surface area contributed by atoms with Crippen LogP contribution >= 0.6 is 0 Å². The summed E-state index contributed by atoms with van der Waals surface area (Å²) in [6.07, 6.45) is 0. The van der Waals surface area contributed by atoms with Gasteiger partial charge in [-0.2, -0.15) is 0 Å². The zero-order valence-electron chi connectivity index (χ0n) is 12.3. The number of carbonyl (C=O) groups excluding carboxylic acids is 1. The Hall–Kier alpha value is -2.60. The Morgan fingerprint density at radius 2 is 2.09 bits per heavy atom. The lowest BCUT2D eigenvalue weighted by molar-refractivity contribution is -0.138. The molecule has 0 bridgehead atoms. The summed E-state index contributed by atoms with van der Waals surface area (Å²) in [6.45, 7) is 1.88. The van der Waals surface area contributed by atoms with E-state index in [1.54, 1.807) is 43.3 Å². The number of nitrogens with one attached hydrogen (secondary N) is 1. The summed E-state index contributed by atoms with van der Waals surface area (Å²) >= 11 is 0. The van der Waals surface area contributed by atoms with Gasteiger partial charge in [-0.1, -0.05) is 12.1 Å². The third-order valence-corrected chi connectivity index (χ3v) is 3.19. The summed E-state index contributed by atoms with van der Waals surface area (Å²) in [4.78, 5) is 23.1. The molecule has 1 heterocycles. The second-order valence-corrected chi connectivity index (χ2v) is 4.84. The molecule has 116 valence electrons. The summed E-state index contributed by atoms with van der Waals surface area (Å²) in [5.41, 5.74) is 1.13. The number of amides is 1. The molecule has 22 heavy (non-hydrogen) atoms. The van der Waals surface area contributed by atoms with Crippen molar-refractivity contribution in [1.82, 2.24) is 0 Å². The third kappa shape index (κ3) is 3.73. The first-order valence-corrected chi connectivity index (χ1v) is 6.73. The van der Waals surface area contributed by atoms with E-state index in [1.165, 1.54) is 7.11 Å². The number of aliphatic carboxylic acids is 1. The SMILES string of the molecule is COCc1ccc(C(=O)Nc2cccc([C@H](C)C(=O)O)c2)o1. The Kier molecular flexibility index (Phi) is 4.95. The van der Waals surface area contributed by atoms with E-state index in [4.69, 9.17) is 14.3 Å². The summed E-state index contributed by atoms with van der Waals surface area (Å²) in [5, 5.41) is 11.7. The quantitative estimate of drug-likeness (QED) is 0.856. The number of ether oxygens (including phenoxy) is 1. The lowest BCUT2D eigenvalue weighted by Crippen LogP contribution is -2.12. The van der Waals surface area contributed by atoms with Gasteiger partial charge in [0, 0.05) is 12.8 Å². The van der Waals surface area contributed by atoms with Crippen LogP contribution in [-0.4, -0.2) is 24.1 Å². The van der Waals surface area contributed by atoms with Crippen LogP contribution in [0.1, 0.15) is 34.7 Å². The molecule has 6 nitrogen and oxygen atoms in total. The van der Waals surface area contributed by atoms with E-state index in [0.29, 0.717) is 23.6 Å². The fraction of sp³-hybridized carbons (Fsp3) is 0.250. The van der Waals surface area contributed by atoms with Crippen LogP contribution in [0.4, 0.5) is 5.69 Å². The normalized spacial score (nSPS) is 11.9. The number of carboxylic acid groups (broad SMARTS) is 1. The molecule has 1 atom stereocenters. The lowest BCUT2D eigenvalue weighted by Gasteiger charge is -2.09. The van der Waals surface area contributed by atoms with Crippen LogP contribution < -0.4 is 5.32 Å². The van der Waals surface area contributed by atoms with Crippen molar-refractivity contribution in [3.05, 3.63) is 53.5 Å². The van der Waals surface area contributed by atoms with Crippen molar-refractivity contribution in [3.63, 3.8) is 0 Å². The average molecular weight is 303 g/mol. The van der Waals surface area contributed by atoms with E-state index in [-0.39, 0.29) is 5.76 Å². The molecule has 0 saturated heterocycles. The molecule has 2 aromatic rings. The van der Waals surface area contributed by atoms with Crippen molar-refractivity contribution in [2.24, 2.45) is 0 Å². The van der Waals surface area contributed by atoms with E-state index >= 15 is 0 Å². The number of carbonyl (C=O) groups is 2. The number of methoxy groups -OCH3 is 1. The molecule has 2 rings (SSSR count). The van der Waals surface area contributed by atoms with Gasteiger partial charge in [-0.3, -0.25) is 9.59 Å². The van der Waals surface area contributed by atoms with Crippen LogP contribution in [-0.2, 0) is 16.1 Å². The smallest absolute Gasteiger partial charge is 0.310 e. The predicted octanol–water partition coefficient (Wildman–Crippen LogP) is 2.87. The van der Waals surface area contributed by atoms with Crippen molar-refractivity contribution in [2.45, 2.75) is 19.4 Å². The number of hydrogen-bond acceptors (Lipinski definition) is 4. The van der Waals surface area contributed by atoms with Crippen molar-refractivity contribution in [2.75, 3.05) is 12.4 Å². The van der Waals surface area contributed by atoms with E-state index < -0.39 is 17.8 Å². The van der Waals surface area contributed by atoms with Crippen molar-refractivity contribution in [1.29, 1.82) is 0 Å². The van der Waals surface area contributed by atoms with Crippen LogP contribution in [0.15, 0.2) is 40.8 Å². The number of hydrogen-bond donors (Lipinski definition) is 2. The minimum atomic E-state index is -0.918. The number of anilines is 1. The maximum absolute atomic E-state index is 12.1. The number of rotatable bonds is 6. The average Bonchev–Trinajstić information content (AvgIpc) is 2.96. The summed E-state index contributed by atoms with van der Waals surface area (Å²) in [6, 6.07) is 9.96. The van der Waals surface area contributed by atoms with Crippen LogP contribution in [0, 0.1) is 0 Å². The maximum atomic E-state index is 12.1. The minimum Gasteiger partial charge on any atom is -0.481 e. The topological polar surface area (TPSA) is 88.8 Å². The molecule has 1 amide bonds. The van der Waals surface area contributed by atoms with Crippen LogP contribution in [0.5, 0.6) is 0 Å². The highest BCUT2D eigenvalue weighted by Crippen LogP contribution is 2.20. The first-order valence-electron chi connectivity index (χ1n) is 6.73. The van der Waals surface area contributed by atoms with Gasteiger partial charge in [0.1, 0.15) is 12.4 Å². The largest absolute Gasteiger partial charge is 0.481 e. The highest BCUT2D eigenvalue weighted by Gasteiger charge is 2.15. The summed E-state index contributed by atoms with van der Waals surface area (Å²) in [7, 11) is 1.54. The molecule has 1 aromatic carbocycles. The van der Waals surface area contributed by atoms with Gasteiger partial charge < -0.3 is 19.6 Å². The van der Waals surface area contributed by atoms with Gasteiger partial charge in [0.2, 0.25) is 0 Å². The molecule has 0 saturated carbocycles. The lowest BCUT2D eigenvalue weighted by atomic mass is 10.0. The molecule has 6 heteroatoms. The molecule has 0 spiro atoms. The maximum Gasteiger partial charge on any atom is 0.310 e. The van der Waals surface area contributed by atoms with E-state index in [9.17, 15) is 9.59 Å². The van der Waals surface area contributed by atoms with Gasteiger partial charge in [0.15, 0.2) is 5.76 Å². The van der Waals surface area contributed by atoms with Gasteiger partial charge in [-0.25, -0.2) is 0 Å². The molecule has 0 aliphatic carbocycles. The fourth-order valence-electron chi connectivity index (χ4n) is 1.94. The first-order chi connectivity index (χ1) is 10.5. The number of furan rings is 1. The fourth-order valence-corrected chi connectivity index (χ4v) is 1.94. The highest BCUT2D eigenvalue weighted by atomic mass is 16.5. The molecule has 0 aliphatic heterocycles. The Labute approximate surface area is 127 Å². The van der Waals surface area contributed by atoms with Crippen LogP contribution in [0.25, 0.3) is 0 Å². The second-order valence-electron chi connectivity index (χ2n) is 4.84. The van der Waals surface area contributed by atoms with E-state index in [2.05, 4.69) is 5.32 Å². The zero-order valence-corrected chi connectivity index (χ0v) is 12.3. The molecular formula is C16H17NO5. The van der Waals surface area contributed by atoms with Crippen molar-refractivity contribution >= 4 is 17.6 Å². The highest BCUT2D eigenvalue weighted by molar-refractivity contribution is 6.02. The van der Waals surface area contributed by atoms with Crippen molar-refractivity contribution < 1.29 is 23.8 Å².